The molecule has 0 aromatic carbocycles. The Kier molecular flexibility index (Phi) is 9.24. The predicted molar refractivity (Wildman–Crippen MR) is 71.2 cm³/mol. The van der Waals surface area contributed by atoms with Gasteiger partial charge in [0, 0.05) is 0 Å². The highest BCUT2D eigenvalue weighted by molar-refractivity contribution is 4.80. The second-order valence-corrected chi connectivity index (χ2v) is 5.47. The fourth-order valence-corrected chi connectivity index (χ4v) is 2.69. The molecule has 0 heteroatoms. The monoisotopic (exact) mass is 212 g/mol. The van der Waals surface area contributed by atoms with Crippen LogP contribution in [0.5, 0.6) is 0 Å². The molecule has 0 heterocycles. The van der Waals surface area contributed by atoms with Gasteiger partial charge in [0.25, 0.3) is 0 Å². The van der Waals surface area contributed by atoms with E-state index >= 15 is 0 Å². The van der Waals surface area contributed by atoms with Gasteiger partial charge in [-0.3, -0.25) is 0 Å². The van der Waals surface area contributed by atoms with E-state index in [4.69, 9.17) is 0 Å². The average molecular weight is 212 g/mol. The van der Waals surface area contributed by atoms with Crippen LogP contribution in [0.25, 0.3) is 0 Å². The molecule has 2 atom stereocenters. The summed E-state index contributed by atoms with van der Waals surface area (Å²) in [6, 6.07) is 0. The molecule has 15 heavy (non-hydrogen) atoms. The molecule has 2 saturated carbocycles. The van der Waals surface area contributed by atoms with E-state index in [0.29, 0.717) is 0 Å². The Morgan fingerprint density at radius 2 is 0.933 bits per heavy atom. The zero-order valence-electron chi connectivity index (χ0n) is 11.7. The molecule has 92 valence electrons. The maximum absolute atomic E-state index is 2.17. The van der Waals surface area contributed by atoms with Gasteiger partial charge in [-0.25, -0.2) is 0 Å². The quantitative estimate of drug-likeness (QED) is 0.485. The standard InChI is InChI=1S/C9H16.C4H10.C2H6/c1-2-5-9-7-3-6-8(9)4-1;1-4(2)3;1-2/h8-9H,1-7H2;4H,1-3H3;1-2H3. The molecule has 0 nitrogen and oxygen atoms in total. The average Bonchev–Trinajstić information content (AvgIpc) is 2.67. The molecule has 0 N–H and O–H groups in total. The molecule has 0 bridgehead atoms. The summed E-state index contributed by atoms with van der Waals surface area (Å²) in [5.74, 6) is 3.16. The van der Waals surface area contributed by atoms with Crippen LogP contribution in [0.15, 0.2) is 0 Å². The molecular weight excluding hydrogens is 180 g/mol. The highest BCUT2D eigenvalue weighted by atomic mass is 14.3. The van der Waals surface area contributed by atoms with E-state index in [2.05, 4.69) is 20.8 Å². The first kappa shape index (κ1) is 15.0. The molecule has 0 radical (unpaired) electrons. The normalized spacial score (nSPS) is 28.4. The summed E-state index contributed by atoms with van der Waals surface area (Å²) < 4.78 is 0. The fourth-order valence-electron chi connectivity index (χ4n) is 2.69. The lowest BCUT2D eigenvalue weighted by molar-refractivity contribution is 0.277. The lowest BCUT2D eigenvalue weighted by Crippen LogP contribution is -2.12. The number of hydrogen-bond donors (Lipinski definition) is 0. The smallest absolute Gasteiger partial charge is 0.0386 e. The summed E-state index contributed by atoms with van der Waals surface area (Å²) in [5, 5.41) is 0. The van der Waals surface area contributed by atoms with Crippen molar-refractivity contribution >= 4 is 0 Å². The Hall–Kier alpha value is 0. The molecule has 0 aromatic rings. The van der Waals surface area contributed by atoms with Crippen molar-refractivity contribution in [3.63, 3.8) is 0 Å². The fraction of sp³-hybridized carbons (Fsp3) is 1.00. The summed E-state index contributed by atoms with van der Waals surface area (Å²) in [4.78, 5) is 0. The first-order valence-corrected chi connectivity index (χ1v) is 7.20. The molecule has 0 spiro atoms. The van der Waals surface area contributed by atoms with E-state index < -0.39 is 0 Å². The van der Waals surface area contributed by atoms with Crippen LogP contribution in [-0.4, -0.2) is 0 Å². The van der Waals surface area contributed by atoms with Crippen LogP contribution in [0.4, 0.5) is 0 Å². The van der Waals surface area contributed by atoms with E-state index in [9.17, 15) is 0 Å². The second kappa shape index (κ2) is 9.24. The molecule has 2 unspecified atom stereocenters. The Balaban J connectivity index is 0.000000282. The van der Waals surface area contributed by atoms with E-state index in [0.717, 1.165) is 5.92 Å². The van der Waals surface area contributed by atoms with Gasteiger partial charge < -0.3 is 0 Å². The largest absolute Gasteiger partial charge is 0.0683 e. The second-order valence-electron chi connectivity index (χ2n) is 5.47. The highest BCUT2D eigenvalue weighted by Crippen LogP contribution is 2.41. The maximum Gasteiger partial charge on any atom is -0.0386 e. The Labute approximate surface area is 97.8 Å². The van der Waals surface area contributed by atoms with Crippen molar-refractivity contribution in [3.8, 4) is 0 Å². The van der Waals surface area contributed by atoms with Gasteiger partial charge in [-0.2, -0.15) is 0 Å². The van der Waals surface area contributed by atoms with E-state index in [-0.39, 0.29) is 0 Å². The van der Waals surface area contributed by atoms with Gasteiger partial charge >= 0.3 is 0 Å². The van der Waals surface area contributed by atoms with Crippen LogP contribution in [0, 0.1) is 17.8 Å². The summed E-state index contributed by atoms with van der Waals surface area (Å²) in [7, 11) is 0. The number of fused-ring (bicyclic) bond motifs is 1. The first-order chi connectivity index (χ1) is 7.20. The van der Waals surface area contributed by atoms with Crippen molar-refractivity contribution in [1.29, 1.82) is 0 Å². The third-order valence-corrected chi connectivity index (χ3v) is 3.22. The maximum atomic E-state index is 2.17. The van der Waals surface area contributed by atoms with Gasteiger partial charge in [0.2, 0.25) is 0 Å². The molecule has 2 aliphatic carbocycles. The van der Waals surface area contributed by atoms with E-state index in [1.54, 1.807) is 25.7 Å². The third kappa shape index (κ3) is 6.98. The molecule has 2 rings (SSSR count). The Morgan fingerprint density at radius 3 is 1.27 bits per heavy atom. The van der Waals surface area contributed by atoms with E-state index in [1.165, 1.54) is 31.1 Å². The van der Waals surface area contributed by atoms with Crippen LogP contribution >= 0.6 is 0 Å². The van der Waals surface area contributed by atoms with Crippen molar-refractivity contribution in [2.75, 3.05) is 0 Å². The molecule has 2 fully saturated rings. The van der Waals surface area contributed by atoms with Crippen molar-refractivity contribution in [2.45, 2.75) is 79.6 Å². The lowest BCUT2D eigenvalue weighted by atomic mass is 9.82. The van der Waals surface area contributed by atoms with Gasteiger partial charge in [-0.05, 0) is 17.8 Å². The van der Waals surface area contributed by atoms with Crippen molar-refractivity contribution in [1.82, 2.24) is 0 Å². The highest BCUT2D eigenvalue weighted by Gasteiger charge is 2.28. The van der Waals surface area contributed by atoms with Crippen molar-refractivity contribution < 1.29 is 0 Å². The van der Waals surface area contributed by atoms with Crippen molar-refractivity contribution in [2.24, 2.45) is 17.8 Å². The van der Waals surface area contributed by atoms with Gasteiger partial charge in [-0.1, -0.05) is 79.6 Å². The van der Waals surface area contributed by atoms with Gasteiger partial charge in [-0.15, -0.1) is 0 Å². The Bertz CT molecular complexity index is 111. The minimum Gasteiger partial charge on any atom is -0.0683 e. The molecular formula is C15H32. The minimum absolute atomic E-state index is 0.833. The molecule has 2 aliphatic rings. The van der Waals surface area contributed by atoms with Gasteiger partial charge in [0.05, 0.1) is 0 Å². The van der Waals surface area contributed by atoms with Crippen LogP contribution < -0.4 is 0 Å². The summed E-state index contributed by atoms with van der Waals surface area (Å²) in [5.41, 5.74) is 0. The van der Waals surface area contributed by atoms with E-state index in [1.807, 2.05) is 13.8 Å². The lowest BCUT2D eigenvalue weighted by Gasteiger charge is -2.24. The molecule has 0 saturated heterocycles. The van der Waals surface area contributed by atoms with Crippen LogP contribution in [0.2, 0.25) is 0 Å². The summed E-state index contributed by atoms with van der Waals surface area (Å²) in [6.45, 7) is 10.5. The molecule has 0 amide bonds. The zero-order valence-corrected chi connectivity index (χ0v) is 11.7. The van der Waals surface area contributed by atoms with Crippen LogP contribution in [-0.2, 0) is 0 Å². The number of hydrogen-bond acceptors (Lipinski definition) is 0. The third-order valence-electron chi connectivity index (χ3n) is 3.22. The SMILES string of the molecule is C1CCC2CCCC2C1.CC.CC(C)C. The van der Waals surface area contributed by atoms with Crippen LogP contribution in [0.1, 0.15) is 79.6 Å². The predicted octanol–water partition coefficient (Wildman–Crippen LogP) is 5.67. The van der Waals surface area contributed by atoms with Gasteiger partial charge in [0.15, 0.2) is 0 Å². The Morgan fingerprint density at radius 1 is 0.667 bits per heavy atom. The van der Waals surface area contributed by atoms with Crippen molar-refractivity contribution in [3.05, 3.63) is 0 Å². The van der Waals surface area contributed by atoms with Gasteiger partial charge in [0.1, 0.15) is 0 Å². The number of rotatable bonds is 0. The minimum atomic E-state index is 0.833. The van der Waals surface area contributed by atoms with Crippen LogP contribution in [0.3, 0.4) is 0 Å². The summed E-state index contributed by atoms with van der Waals surface area (Å²) in [6.07, 6.45) is 10.8. The first-order valence-electron chi connectivity index (χ1n) is 7.20. The molecule has 0 aromatic heterocycles. The molecule has 0 aliphatic heterocycles. The topological polar surface area (TPSA) is 0 Å². The summed E-state index contributed by atoms with van der Waals surface area (Å²) >= 11 is 0. The zero-order chi connectivity index (χ0) is 11.7.